The molecule has 0 bridgehead atoms. The number of esters is 1. The third-order valence-corrected chi connectivity index (χ3v) is 8.22. The number of ketones is 1. The van der Waals surface area contributed by atoms with Crippen molar-refractivity contribution in [1.82, 2.24) is 5.32 Å². The van der Waals surface area contributed by atoms with Crippen molar-refractivity contribution in [2.45, 2.75) is 66.3 Å². The van der Waals surface area contributed by atoms with Gasteiger partial charge in [0.25, 0.3) is 5.91 Å². The quantitative estimate of drug-likeness (QED) is 0.173. The fourth-order valence-corrected chi connectivity index (χ4v) is 5.91. The third kappa shape index (κ3) is 8.44. The summed E-state index contributed by atoms with van der Waals surface area (Å²) >= 11 is 0. The lowest BCUT2D eigenvalue weighted by Gasteiger charge is -2.29. The molecule has 0 spiro atoms. The lowest BCUT2D eigenvalue weighted by molar-refractivity contribution is -0.123. The van der Waals surface area contributed by atoms with Gasteiger partial charge in [-0.15, -0.1) is 0 Å². The molecule has 10 nitrogen and oxygen atoms in total. The summed E-state index contributed by atoms with van der Waals surface area (Å²) in [6.45, 7) is 9.29. The van der Waals surface area contributed by atoms with Crippen molar-refractivity contribution in [3.63, 3.8) is 0 Å². The molecule has 0 saturated heterocycles. The lowest BCUT2D eigenvalue weighted by atomic mass is 9.96. The second-order valence-electron chi connectivity index (χ2n) is 11.8. The Morgan fingerprint density at radius 2 is 1.62 bits per heavy atom. The van der Waals surface area contributed by atoms with Crippen LogP contribution in [0.25, 0.3) is 0 Å². The van der Waals surface area contributed by atoms with Crippen molar-refractivity contribution in [3.05, 3.63) is 89.0 Å². The average molecular weight is 641 g/mol. The van der Waals surface area contributed by atoms with E-state index in [4.69, 9.17) is 4.74 Å². The predicted octanol–water partition coefficient (Wildman–Crippen LogP) is 6.45. The van der Waals surface area contributed by atoms with E-state index >= 15 is 0 Å². The van der Waals surface area contributed by atoms with Crippen LogP contribution in [0, 0.1) is 19.8 Å². The van der Waals surface area contributed by atoms with Crippen LogP contribution >= 0.6 is 0 Å². The van der Waals surface area contributed by atoms with E-state index in [9.17, 15) is 24.0 Å². The summed E-state index contributed by atoms with van der Waals surface area (Å²) in [5.41, 5.74) is 3.64. The highest BCUT2D eigenvalue weighted by molar-refractivity contribution is 6.13. The predicted molar refractivity (Wildman–Crippen MR) is 183 cm³/mol. The van der Waals surface area contributed by atoms with E-state index in [0.717, 1.165) is 24.0 Å². The number of urea groups is 1. The van der Waals surface area contributed by atoms with Crippen LogP contribution in [-0.2, 0) is 14.3 Å². The summed E-state index contributed by atoms with van der Waals surface area (Å²) in [6, 6.07) is 17.0. The highest BCUT2D eigenvalue weighted by Crippen LogP contribution is 2.36. The fourth-order valence-electron chi connectivity index (χ4n) is 5.91. The molecule has 1 atom stereocenters. The lowest BCUT2D eigenvalue weighted by Crippen LogP contribution is -2.55. The SMILES string of the molecule is CCCC(CCC)C(=O)N1CC(NC(=O)Nc2cccc(C(=O)OCC)c2)C(=O)N(CC(=O)c2ccccc2C)c2cc(C)ccc21. The van der Waals surface area contributed by atoms with Crippen LogP contribution < -0.4 is 20.4 Å². The normalized spacial score (nSPS) is 14.3. The molecular formula is C37H44N4O6. The topological polar surface area (TPSA) is 125 Å². The molecule has 1 aliphatic heterocycles. The smallest absolute Gasteiger partial charge is 0.338 e. The van der Waals surface area contributed by atoms with Crippen molar-refractivity contribution in [3.8, 4) is 0 Å². The Morgan fingerprint density at radius 1 is 0.894 bits per heavy atom. The molecule has 1 heterocycles. The molecule has 10 heteroatoms. The molecule has 0 aromatic heterocycles. The Bertz CT molecular complexity index is 1630. The number of Topliss-reactive ketones (excluding diaryl/α,β-unsaturated/α-hetero) is 1. The first kappa shape index (κ1) is 34.9. The molecule has 4 rings (SSSR count). The highest BCUT2D eigenvalue weighted by Gasteiger charge is 2.39. The van der Waals surface area contributed by atoms with Crippen LogP contribution in [-0.4, -0.2) is 55.3 Å². The summed E-state index contributed by atoms with van der Waals surface area (Å²) in [6.07, 6.45) is 3.00. The molecule has 0 saturated carbocycles. The van der Waals surface area contributed by atoms with Crippen LogP contribution in [0.2, 0.25) is 0 Å². The largest absolute Gasteiger partial charge is 0.462 e. The third-order valence-electron chi connectivity index (χ3n) is 8.22. The Balaban J connectivity index is 1.73. The van der Waals surface area contributed by atoms with E-state index in [2.05, 4.69) is 10.6 Å². The first-order valence-corrected chi connectivity index (χ1v) is 16.2. The zero-order chi connectivity index (χ0) is 34.1. The van der Waals surface area contributed by atoms with Crippen molar-refractivity contribution < 1.29 is 28.7 Å². The molecule has 3 aromatic carbocycles. The van der Waals surface area contributed by atoms with Crippen LogP contribution in [0.5, 0.6) is 0 Å². The molecule has 1 aliphatic rings. The van der Waals surface area contributed by atoms with E-state index in [1.165, 1.54) is 11.0 Å². The first-order chi connectivity index (χ1) is 22.6. The number of aryl methyl sites for hydroxylation is 2. The Hall–Kier alpha value is -4.99. The van der Waals surface area contributed by atoms with Gasteiger partial charge in [0.1, 0.15) is 6.04 Å². The standard InChI is InChI=1S/C37H44N4O6/c1-6-12-26(13-7-2)34(43)40-22-30(39-37(46)38-28-16-11-15-27(21-28)36(45)47-8-3)35(44)41(32-20-24(4)18-19-31(32)40)23-33(42)29-17-10-9-14-25(29)5/h9-11,14-21,26,30H,6-8,12-13,22-23H2,1-5H3,(H2,38,39,46). The van der Waals surface area contributed by atoms with Crippen LogP contribution in [0.3, 0.4) is 0 Å². The monoisotopic (exact) mass is 640 g/mol. The number of fused-ring (bicyclic) bond motifs is 1. The van der Waals surface area contributed by atoms with Gasteiger partial charge in [-0.25, -0.2) is 9.59 Å². The van der Waals surface area contributed by atoms with Gasteiger partial charge in [0, 0.05) is 17.2 Å². The molecule has 1 unspecified atom stereocenters. The molecule has 0 radical (unpaired) electrons. The van der Waals surface area contributed by atoms with Crippen molar-refractivity contribution in [2.75, 3.05) is 34.8 Å². The van der Waals surface area contributed by atoms with Crippen molar-refractivity contribution in [1.29, 1.82) is 0 Å². The highest BCUT2D eigenvalue weighted by atomic mass is 16.5. The Labute approximate surface area is 276 Å². The van der Waals surface area contributed by atoms with E-state index in [-0.39, 0.29) is 42.9 Å². The Kier molecular flexibility index (Phi) is 11.9. The van der Waals surface area contributed by atoms with E-state index in [1.54, 1.807) is 54.3 Å². The molecular weight excluding hydrogens is 596 g/mol. The molecule has 2 N–H and O–H groups in total. The number of rotatable bonds is 12. The summed E-state index contributed by atoms with van der Waals surface area (Å²) < 4.78 is 5.06. The number of hydrogen-bond acceptors (Lipinski definition) is 6. The zero-order valence-electron chi connectivity index (χ0n) is 27.8. The second kappa shape index (κ2) is 16.0. The molecule has 3 aromatic rings. The van der Waals surface area contributed by atoms with Gasteiger partial charge >= 0.3 is 12.0 Å². The van der Waals surface area contributed by atoms with E-state index < -0.39 is 23.9 Å². The summed E-state index contributed by atoms with van der Waals surface area (Å²) in [4.78, 5) is 70.9. The summed E-state index contributed by atoms with van der Waals surface area (Å²) in [7, 11) is 0. The number of nitrogens with zero attached hydrogens (tertiary/aromatic N) is 2. The van der Waals surface area contributed by atoms with Gasteiger partial charge in [-0.3, -0.25) is 14.4 Å². The van der Waals surface area contributed by atoms with E-state index in [0.29, 0.717) is 35.5 Å². The minimum absolute atomic E-state index is 0.122. The van der Waals surface area contributed by atoms with Gasteiger partial charge in [0.2, 0.25) is 5.91 Å². The number of amides is 4. The number of carbonyl (C=O) groups is 5. The second-order valence-corrected chi connectivity index (χ2v) is 11.8. The van der Waals surface area contributed by atoms with Gasteiger partial charge in [-0.2, -0.15) is 0 Å². The number of carbonyl (C=O) groups excluding carboxylic acids is 5. The number of ether oxygens (including phenoxy) is 1. The maximum Gasteiger partial charge on any atom is 0.338 e. The van der Waals surface area contributed by atoms with Gasteiger partial charge in [-0.05, 0) is 75.1 Å². The molecule has 4 amide bonds. The van der Waals surface area contributed by atoms with Gasteiger partial charge in [0.05, 0.1) is 36.6 Å². The van der Waals surface area contributed by atoms with Gasteiger partial charge < -0.3 is 25.2 Å². The minimum Gasteiger partial charge on any atom is -0.462 e. The van der Waals surface area contributed by atoms with Crippen molar-refractivity contribution >= 4 is 46.7 Å². The zero-order valence-corrected chi connectivity index (χ0v) is 27.8. The summed E-state index contributed by atoms with van der Waals surface area (Å²) in [5.74, 6) is -1.72. The molecule has 248 valence electrons. The number of nitrogens with one attached hydrogen (secondary N) is 2. The van der Waals surface area contributed by atoms with E-state index in [1.807, 2.05) is 45.9 Å². The number of hydrogen-bond donors (Lipinski definition) is 2. The van der Waals surface area contributed by atoms with Crippen LogP contribution in [0.15, 0.2) is 66.7 Å². The van der Waals surface area contributed by atoms with Crippen LogP contribution in [0.4, 0.5) is 21.9 Å². The van der Waals surface area contributed by atoms with Crippen LogP contribution in [0.1, 0.15) is 78.3 Å². The Morgan fingerprint density at radius 3 is 2.30 bits per heavy atom. The number of anilines is 3. The van der Waals surface area contributed by atoms with Gasteiger partial charge in [-0.1, -0.05) is 63.1 Å². The van der Waals surface area contributed by atoms with Gasteiger partial charge in [0.15, 0.2) is 5.78 Å². The maximum absolute atomic E-state index is 14.4. The average Bonchev–Trinajstić information content (AvgIpc) is 3.15. The van der Waals surface area contributed by atoms with Crippen molar-refractivity contribution in [2.24, 2.45) is 5.92 Å². The minimum atomic E-state index is -1.19. The molecule has 0 fully saturated rings. The molecule has 47 heavy (non-hydrogen) atoms. The maximum atomic E-state index is 14.4. The summed E-state index contributed by atoms with van der Waals surface area (Å²) in [5, 5.41) is 5.46. The molecule has 0 aliphatic carbocycles. The fraction of sp³-hybridized carbons (Fsp3) is 0.378. The number of benzene rings is 3. The first-order valence-electron chi connectivity index (χ1n) is 16.2.